The van der Waals surface area contributed by atoms with E-state index in [1.807, 2.05) is 42.2 Å². The van der Waals surface area contributed by atoms with Gasteiger partial charge in [0.25, 0.3) is 0 Å². The molecule has 0 radical (unpaired) electrons. The summed E-state index contributed by atoms with van der Waals surface area (Å²) in [5.41, 5.74) is 1.02. The monoisotopic (exact) mass is 305 g/mol. The maximum Gasteiger partial charge on any atom is 0.244 e. The minimum atomic E-state index is -3.44. The lowest BCUT2D eigenvalue weighted by atomic mass is 10.3. The zero-order valence-electron chi connectivity index (χ0n) is 12.4. The quantitative estimate of drug-likeness (QED) is 0.851. The normalized spacial score (nSPS) is 11.6. The Morgan fingerprint density at radius 1 is 1.05 bits per heavy atom. The number of aromatic nitrogens is 1. The molecule has 0 amide bonds. The van der Waals surface area contributed by atoms with E-state index in [4.69, 9.17) is 0 Å². The van der Waals surface area contributed by atoms with E-state index in [0.29, 0.717) is 0 Å². The zero-order chi connectivity index (χ0) is 15.5. The van der Waals surface area contributed by atoms with Gasteiger partial charge in [-0.2, -0.15) is 0 Å². The summed E-state index contributed by atoms with van der Waals surface area (Å²) >= 11 is 0. The van der Waals surface area contributed by atoms with Crippen molar-refractivity contribution in [3.8, 4) is 0 Å². The Hall–Kier alpha value is -1.92. The summed E-state index contributed by atoms with van der Waals surface area (Å²) in [6.45, 7) is 2.77. The molecule has 0 aliphatic rings. The molecule has 0 aliphatic carbocycles. The summed E-state index contributed by atoms with van der Waals surface area (Å²) in [4.78, 5) is 6.51. The third-order valence-electron chi connectivity index (χ3n) is 3.16. The summed E-state index contributed by atoms with van der Waals surface area (Å²) in [5, 5.41) is 0. The van der Waals surface area contributed by atoms with Gasteiger partial charge in [-0.25, -0.2) is 17.7 Å². The second-order valence-corrected chi connectivity index (χ2v) is 6.87. The van der Waals surface area contributed by atoms with Crippen LogP contribution in [0.5, 0.6) is 0 Å². The molecule has 1 heterocycles. The second-order valence-electron chi connectivity index (χ2n) is 4.72. The number of sulfonamides is 1. The van der Waals surface area contributed by atoms with Crippen molar-refractivity contribution in [2.75, 3.05) is 25.5 Å². The Bertz CT molecular complexity index is 683. The van der Waals surface area contributed by atoms with Crippen LogP contribution in [0.2, 0.25) is 0 Å². The number of pyridine rings is 1. The topological polar surface area (TPSA) is 53.5 Å². The predicted octanol–water partition coefficient (Wildman–Crippen LogP) is 2.49. The van der Waals surface area contributed by atoms with Gasteiger partial charge in [-0.1, -0.05) is 18.2 Å². The largest absolute Gasteiger partial charge is 0.327 e. The molecular weight excluding hydrogens is 286 g/mol. The SMILES string of the molecule is CCN(c1ccccc1)c1ccc(S(=O)(=O)N(C)C)cn1. The summed E-state index contributed by atoms with van der Waals surface area (Å²) in [6, 6.07) is 13.2. The van der Waals surface area contributed by atoms with Crippen LogP contribution in [0.15, 0.2) is 53.6 Å². The average molecular weight is 305 g/mol. The van der Waals surface area contributed by atoms with Crippen LogP contribution in [0.3, 0.4) is 0 Å². The number of benzene rings is 1. The van der Waals surface area contributed by atoms with Gasteiger partial charge >= 0.3 is 0 Å². The third kappa shape index (κ3) is 3.22. The minimum absolute atomic E-state index is 0.195. The van der Waals surface area contributed by atoms with E-state index < -0.39 is 10.0 Å². The van der Waals surface area contributed by atoms with E-state index in [9.17, 15) is 8.42 Å². The molecule has 0 saturated heterocycles. The van der Waals surface area contributed by atoms with Gasteiger partial charge in [-0.05, 0) is 31.2 Å². The first-order valence-electron chi connectivity index (χ1n) is 6.68. The van der Waals surface area contributed by atoms with Crippen LogP contribution < -0.4 is 4.90 Å². The highest BCUT2D eigenvalue weighted by atomic mass is 32.2. The molecule has 0 unspecified atom stereocenters. The van der Waals surface area contributed by atoms with Gasteiger partial charge in [0.05, 0.1) is 0 Å². The first-order valence-corrected chi connectivity index (χ1v) is 8.12. The fraction of sp³-hybridized carbons (Fsp3) is 0.267. The molecule has 5 nitrogen and oxygen atoms in total. The summed E-state index contributed by atoms with van der Waals surface area (Å²) in [6.07, 6.45) is 1.40. The number of nitrogens with zero attached hydrogens (tertiary/aromatic N) is 3. The summed E-state index contributed by atoms with van der Waals surface area (Å²) in [7, 11) is -0.427. The van der Waals surface area contributed by atoms with E-state index in [1.165, 1.54) is 24.6 Å². The third-order valence-corrected chi connectivity index (χ3v) is 4.96. The van der Waals surface area contributed by atoms with Crippen molar-refractivity contribution in [1.29, 1.82) is 0 Å². The van der Waals surface area contributed by atoms with E-state index >= 15 is 0 Å². The molecule has 0 fully saturated rings. The molecule has 0 saturated carbocycles. The number of para-hydroxylation sites is 1. The Morgan fingerprint density at radius 3 is 2.19 bits per heavy atom. The molecule has 6 heteroatoms. The number of anilines is 2. The van der Waals surface area contributed by atoms with Gasteiger partial charge in [-0.3, -0.25) is 0 Å². The Kier molecular flexibility index (Phi) is 4.59. The minimum Gasteiger partial charge on any atom is -0.327 e. The Labute approximate surface area is 125 Å². The molecule has 0 aliphatic heterocycles. The molecule has 0 bridgehead atoms. The van der Waals surface area contributed by atoms with E-state index in [1.54, 1.807) is 12.1 Å². The first-order chi connectivity index (χ1) is 9.96. The van der Waals surface area contributed by atoms with Gasteiger partial charge in [0, 0.05) is 32.5 Å². The molecule has 112 valence electrons. The van der Waals surface area contributed by atoms with Crippen LogP contribution in [0.4, 0.5) is 11.5 Å². The fourth-order valence-corrected chi connectivity index (χ4v) is 2.83. The Balaban J connectivity index is 2.34. The van der Waals surface area contributed by atoms with Crippen molar-refractivity contribution in [3.05, 3.63) is 48.7 Å². The Morgan fingerprint density at radius 2 is 1.71 bits per heavy atom. The van der Waals surface area contributed by atoms with Gasteiger partial charge in [-0.15, -0.1) is 0 Å². The van der Waals surface area contributed by atoms with Crippen LogP contribution in [0.1, 0.15) is 6.92 Å². The van der Waals surface area contributed by atoms with Crippen molar-refractivity contribution >= 4 is 21.5 Å². The van der Waals surface area contributed by atoms with Gasteiger partial charge in [0.2, 0.25) is 10.0 Å². The van der Waals surface area contributed by atoms with Crippen molar-refractivity contribution in [2.24, 2.45) is 0 Å². The van der Waals surface area contributed by atoms with Crippen LogP contribution in [0.25, 0.3) is 0 Å². The lowest BCUT2D eigenvalue weighted by Crippen LogP contribution is -2.23. The molecular formula is C15H19N3O2S. The number of hydrogen-bond acceptors (Lipinski definition) is 4. The maximum atomic E-state index is 12.0. The predicted molar refractivity (Wildman–Crippen MR) is 84.2 cm³/mol. The smallest absolute Gasteiger partial charge is 0.244 e. The lowest BCUT2D eigenvalue weighted by molar-refractivity contribution is 0.520. The highest BCUT2D eigenvalue weighted by molar-refractivity contribution is 7.89. The maximum absolute atomic E-state index is 12.0. The molecule has 1 aromatic heterocycles. The van der Waals surface area contributed by atoms with E-state index in [0.717, 1.165) is 18.1 Å². The number of hydrogen-bond donors (Lipinski definition) is 0. The summed E-state index contributed by atoms with van der Waals surface area (Å²) in [5.74, 6) is 0.724. The standard InChI is InChI=1S/C15H19N3O2S/c1-4-18(13-8-6-5-7-9-13)15-11-10-14(12-16-15)21(19,20)17(2)3/h5-12H,4H2,1-3H3. The van der Waals surface area contributed by atoms with Crippen LogP contribution >= 0.6 is 0 Å². The molecule has 0 N–H and O–H groups in total. The van der Waals surface area contributed by atoms with Crippen molar-refractivity contribution < 1.29 is 8.42 Å². The van der Waals surface area contributed by atoms with Crippen molar-refractivity contribution in [1.82, 2.24) is 9.29 Å². The molecule has 1 aromatic carbocycles. The fourth-order valence-electron chi connectivity index (χ4n) is 1.98. The summed E-state index contributed by atoms with van der Waals surface area (Å²) < 4.78 is 25.2. The van der Waals surface area contributed by atoms with Crippen LogP contribution in [-0.2, 0) is 10.0 Å². The first kappa shape index (κ1) is 15.5. The molecule has 21 heavy (non-hydrogen) atoms. The van der Waals surface area contributed by atoms with Crippen LogP contribution in [-0.4, -0.2) is 38.3 Å². The van der Waals surface area contributed by atoms with E-state index in [2.05, 4.69) is 4.98 Å². The number of rotatable bonds is 5. The average Bonchev–Trinajstić information content (AvgIpc) is 2.49. The zero-order valence-corrected chi connectivity index (χ0v) is 13.2. The lowest BCUT2D eigenvalue weighted by Gasteiger charge is -2.22. The van der Waals surface area contributed by atoms with Gasteiger partial charge < -0.3 is 4.90 Å². The molecule has 2 rings (SSSR count). The van der Waals surface area contributed by atoms with Crippen molar-refractivity contribution in [2.45, 2.75) is 11.8 Å². The van der Waals surface area contributed by atoms with E-state index in [-0.39, 0.29) is 4.90 Å². The molecule has 2 aromatic rings. The van der Waals surface area contributed by atoms with Crippen LogP contribution in [0, 0.1) is 0 Å². The highest BCUT2D eigenvalue weighted by Crippen LogP contribution is 2.24. The molecule has 0 spiro atoms. The van der Waals surface area contributed by atoms with Gasteiger partial charge in [0.15, 0.2) is 0 Å². The van der Waals surface area contributed by atoms with Gasteiger partial charge in [0.1, 0.15) is 10.7 Å². The van der Waals surface area contributed by atoms with Crippen molar-refractivity contribution in [3.63, 3.8) is 0 Å². The molecule has 0 atom stereocenters. The highest BCUT2D eigenvalue weighted by Gasteiger charge is 2.18. The second kappa shape index (κ2) is 6.24.